The minimum absolute atomic E-state index is 0.0206. The van der Waals surface area contributed by atoms with Gasteiger partial charge in [-0.2, -0.15) is 0 Å². The van der Waals surface area contributed by atoms with Gasteiger partial charge in [0.15, 0.2) is 0 Å². The van der Waals surface area contributed by atoms with E-state index < -0.39 is 0 Å². The Hall–Kier alpha value is -1.22. The highest BCUT2D eigenvalue weighted by molar-refractivity contribution is 6.30. The largest absolute Gasteiger partial charge is 0.463 e. The van der Waals surface area contributed by atoms with E-state index in [9.17, 15) is 0 Å². The number of hydrogen-bond donors (Lipinski definition) is 1. The fraction of sp³-hybridized carbons (Fsp3) is 0.300. The topological polar surface area (TPSA) is 47.6 Å². The van der Waals surface area contributed by atoms with E-state index in [4.69, 9.17) is 22.1 Å². The van der Waals surface area contributed by atoms with E-state index in [1.54, 1.807) is 0 Å². The lowest BCUT2D eigenvalue weighted by Crippen LogP contribution is -2.10. The number of nitrogens with zero attached hydrogens (tertiary/aromatic N) is 1. The molecule has 74 valence electrons. The lowest BCUT2D eigenvalue weighted by molar-refractivity contribution is 0.315. The average molecular weight is 211 g/mol. The van der Waals surface area contributed by atoms with E-state index in [1.807, 2.05) is 25.1 Å². The van der Waals surface area contributed by atoms with Crippen molar-refractivity contribution in [2.24, 2.45) is 10.7 Å². The van der Waals surface area contributed by atoms with Crippen LogP contribution in [0.1, 0.15) is 17.2 Å². The first-order chi connectivity index (χ1) is 6.66. The summed E-state index contributed by atoms with van der Waals surface area (Å²) in [5, 5.41) is 0.738. The number of hydrogen-bond acceptors (Lipinski definition) is 3. The lowest BCUT2D eigenvalue weighted by atomic mass is 10.0. The number of rotatable bonds is 1. The Morgan fingerprint density at radius 2 is 2.36 bits per heavy atom. The fourth-order valence-corrected chi connectivity index (χ4v) is 1.79. The van der Waals surface area contributed by atoms with Crippen LogP contribution in [0.2, 0.25) is 5.02 Å². The average Bonchev–Trinajstić information content (AvgIpc) is 2.51. The van der Waals surface area contributed by atoms with Crippen LogP contribution in [0.5, 0.6) is 0 Å². The molecule has 1 atom stereocenters. The molecule has 0 spiro atoms. The predicted molar refractivity (Wildman–Crippen MR) is 56.5 cm³/mol. The first-order valence-electron chi connectivity index (χ1n) is 4.39. The minimum atomic E-state index is 0.0206. The van der Waals surface area contributed by atoms with Crippen LogP contribution in [-0.2, 0) is 4.74 Å². The highest BCUT2D eigenvalue weighted by atomic mass is 35.5. The molecular weight excluding hydrogens is 200 g/mol. The summed E-state index contributed by atoms with van der Waals surface area (Å²) in [6.45, 7) is 2.53. The Morgan fingerprint density at radius 1 is 1.57 bits per heavy atom. The smallest absolute Gasteiger partial charge is 0.282 e. The Morgan fingerprint density at radius 3 is 2.93 bits per heavy atom. The molecule has 4 heteroatoms. The van der Waals surface area contributed by atoms with Crippen LogP contribution in [0, 0.1) is 6.92 Å². The number of aryl methyl sites for hydroxylation is 1. The first kappa shape index (κ1) is 9.34. The Labute approximate surface area is 87.5 Å². The van der Waals surface area contributed by atoms with Crippen LogP contribution in [0.4, 0.5) is 0 Å². The maximum absolute atomic E-state index is 5.86. The molecule has 0 saturated heterocycles. The number of aliphatic imine (C=N–C) groups is 1. The van der Waals surface area contributed by atoms with Gasteiger partial charge in [-0.3, -0.25) is 0 Å². The summed E-state index contributed by atoms with van der Waals surface area (Å²) in [5.41, 5.74) is 7.68. The van der Waals surface area contributed by atoms with Gasteiger partial charge >= 0.3 is 0 Å². The van der Waals surface area contributed by atoms with Gasteiger partial charge in [-0.15, -0.1) is 0 Å². The minimum Gasteiger partial charge on any atom is -0.463 e. The monoisotopic (exact) mass is 210 g/mol. The maximum atomic E-state index is 5.86. The van der Waals surface area contributed by atoms with Crippen molar-refractivity contribution in [1.82, 2.24) is 0 Å². The molecule has 2 N–H and O–H groups in total. The van der Waals surface area contributed by atoms with E-state index in [-0.39, 0.29) is 12.1 Å². The lowest BCUT2D eigenvalue weighted by Gasteiger charge is -2.08. The van der Waals surface area contributed by atoms with Crippen LogP contribution < -0.4 is 5.73 Å². The molecule has 1 aliphatic heterocycles. The van der Waals surface area contributed by atoms with Gasteiger partial charge in [0.05, 0.1) is 0 Å². The van der Waals surface area contributed by atoms with Crippen LogP contribution in [0.25, 0.3) is 0 Å². The van der Waals surface area contributed by atoms with Gasteiger partial charge in [0.25, 0.3) is 6.02 Å². The van der Waals surface area contributed by atoms with Crippen LogP contribution in [0.15, 0.2) is 23.2 Å². The fourth-order valence-electron chi connectivity index (χ4n) is 1.56. The standard InChI is InChI=1S/C10H11ClN2O/c1-6-4-7(11)2-3-8(6)9-5-14-10(12)13-9/h2-4,9H,5H2,1H3,(H2,12,13). The summed E-state index contributed by atoms with van der Waals surface area (Å²) >= 11 is 5.86. The summed E-state index contributed by atoms with van der Waals surface area (Å²) in [4.78, 5) is 4.18. The predicted octanol–water partition coefficient (Wildman–Crippen LogP) is 2.03. The summed E-state index contributed by atoms with van der Waals surface area (Å²) in [5.74, 6) is 0. The van der Waals surface area contributed by atoms with Crippen molar-refractivity contribution in [2.45, 2.75) is 13.0 Å². The maximum Gasteiger partial charge on any atom is 0.282 e. The van der Waals surface area contributed by atoms with Gasteiger partial charge in [-0.1, -0.05) is 17.7 Å². The summed E-state index contributed by atoms with van der Waals surface area (Å²) in [6, 6.07) is 6.03. The number of ether oxygens (including phenoxy) is 1. The second-order valence-corrected chi connectivity index (χ2v) is 3.73. The first-order valence-corrected chi connectivity index (χ1v) is 4.77. The van der Waals surface area contributed by atoms with Gasteiger partial charge in [0.1, 0.15) is 12.6 Å². The molecule has 0 amide bonds. The molecule has 0 fully saturated rings. The van der Waals surface area contributed by atoms with Crippen LogP contribution >= 0.6 is 11.6 Å². The van der Waals surface area contributed by atoms with Gasteiger partial charge in [-0.05, 0) is 30.2 Å². The molecule has 0 bridgehead atoms. The SMILES string of the molecule is Cc1cc(Cl)ccc1C1COC(N)=N1. The van der Waals surface area contributed by atoms with Crippen molar-refractivity contribution < 1.29 is 4.74 Å². The van der Waals surface area contributed by atoms with Crippen LogP contribution in [0.3, 0.4) is 0 Å². The number of amidine groups is 1. The molecule has 1 heterocycles. The summed E-state index contributed by atoms with van der Waals surface area (Å²) < 4.78 is 5.10. The van der Waals surface area contributed by atoms with E-state index in [0.29, 0.717) is 6.61 Å². The Bertz CT molecular complexity index is 390. The van der Waals surface area contributed by atoms with Crippen molar-refractivity contribution in [1.29, 1.82) is 0 Å². The molecule has 1 aliphatic rings. The zero-order chi connectivity index (χ0) is 10.1. The normalized spacial score (nSPS) is 20.4. The molecule has 2 rings (SSSR count). The third-order valence-corrected chi connectivity index (χ3v) is 2.50. The quantitative estimate of drug-likeness (QED) is 0.771. The number of benzene rings is 1. The van der Waals surface area contributed by atoms with E-state index in [0.717, 1.165) is 16.1 Å². The number of halogens is 1. The van der Waals surface area contributed by atoms with Crippen molar-refractivity contribution in [2.75, 3.05) is 6.61 Å². The zero-order valence-electron chi connectivity index (χ0n) is 7.83. The van der Waals surface area contributed by atoms with Crippen molar-refractivity contribution >= 4 is 17.6 Å². The molecule has 0 saturated carbocycles. The second kappa shape index (κ2) is 3.50. The van der Waals surface area contributed by atoms with Gasteiger partial charge in [0.2, 0.25) is 0 Å². The molecule has 0 radical (unpaired) electrons. The Kier molecular flexibility index (Phi) is 2.33. The molecule has 1 unspecified atom stereocenters. The van der Waals surface area contributed by atoms with Crippen molar-refractivity contribution in [3.8, 4) is 0 Å². The highest BCUT2D eigenvalue weighted by Crippen LogP contribution is 2.26. The summed E-state index contributed by atoms with van der Waals surface area (Å²) in [6.07, 6.45) is 0. The molecule has 1 aromatic rings. The number of nitrogens with two attached hydrogens (primary N) is 1. The van der Waals surface area contributed by atoms with Crippen molar-refractivity contribution in [3.05, 3.63) is 34.3 Å². The molecule has 3 nitrogen and oxygen atoms in total. The van der Waals surface area contributed by atoms with E-state index in [2.05, 4.69) is 4.99 Å². The Balaban J connectivity index is 2.33. The molecule has 1 aromatic carbocycles. The van der Waals surface area contributed by atoms with Gasteiger partial charge in [-0.25, -0.2) is 4.99 Å². The van der Waals surface area contributed by atoms with Crippen LogP contribution in [-0.4, -0.2) is 12.6 Å². The third-order valence-electron chi connectivity index (χ3n) is 2.26. The molecule has 14 heavy (non-hydrogen) atoms. The van der Waals surface area contributed by atoms with E-state index in [1.165, 1.54) is 0 Å². The van der Waals surface area contributed by atoms with E-state index >= 15 is 0 Å². The third kappa shape index (κ3) is 1.68. The summed E-state index contributed by atoms with van der Waals surface area (Å²) in [7, 11) is 0. The molecular formula is C10H11ClN2O. The van der Waals surface area contributed by atoms with Gasteiger partial charge < -0.3 is 10.5 Å². The molecule has 0 aliphatic carbocycles. The van der Waals surface area contributed by atoms with Crippen molar-refractivity contribution in [3.63, 3.8) is 0 Å². The second-order valence-electron chi connectivity index (χ2n) is 3.30. The molecule has 0 aromatic heterocycles. The van der Waals surface area contributed by atoms with Gasteiger partial charge in [0, 0.05) is 5.02 Å². The highest BCUT2D eigenvalue weighted by Gasteiger charge is 2.20. The zero-order valence-corrected chi connectivity index (χ0v) is 8.58.